The Hall–Kier alpha value is -3.49. The van der Waals surface area contributed by atoms with Gasteiger partial charge in [-0.1, -0.05) is 36.4 Å². The average Bonchev–Trinajstić information content (AvgIpc) is 3.29. The number of aromatic nitrogens is 2. The van der Waals surface area contributed by atoms with Gasteiger partial charge in [-0.2, -0.15) is 0 Å². The van der Waals surface area contributed by atoms with Crippen LogP contribution in [0.25, 0.3) is 16.8 Å². The number of carboxylic acid groups (broad SMARTS) is 1. The molecular weight excluding hydrogens is 440 g/mol. The van der Waals surface area contributed by atoms with Crippen LogP contribution in [0.4, 0.5) is 0 Å². The molecule has 8 heteroatoms. The first kappa shape index (κ1) is 22.7. The van der Waals surface area contributed by atoms with Crippen LogP contribution in [0.1, 0.15) is 41.6 Å². The molecule has 0 saturated carbocycles. The molecule has 170 valence electrons. The van der Waals surface area contributed by atoms with E-state index >= 15 is 0 Å². The highest BCUT2D eigenvalue weighted by Crippen LogP contribution is 2.43. The van der Waals surface area contributed by atoms with Gasteiger partial charge in [-0.05, 0) is 60.4 Å². The topological polar surface area (TPSA) is 98.0 Å². The number of nitrogens with zero attached hydrogens (tertiary/aromatic N) is 2. The van der Waals surface area contributed by atoms with Crippen molar-refractivity contribution in [1.29, 1.82) is 0 Å². The highest BCUT2D eigenvalue weighted by atomic mass is 32.2. The summed E-state index contributed by atoms with van der Waals surface area (Å²) in [5, 5.41) is 6.89. The van der Waals surface area contributed by atoms with Crippen LogP contribution in [-0.2, 0) is 19.4 Å². The van der Waals surface area contributed by atoms with Crippen LogP contribution >= 0.6 is 0 Å². The van der Waals surface area contributed by atoms with E-state index < -0.39 is 9.84 Å². The standard InChI is InChI=1S/C24H22N2O3S.CH2O2/c1-15-23(24-21-7-5-4-6-20(21)16(2)29-24)26-14-18(10-13-22(26)25-15)17-8-11-19(12-9-17)30(3,27)28;2-1-3/h4-14,16,24H,1-3H3;1H,(H,2,3)/t16-,24+;/m0./s1. The van der Waals surface area contributed by atoms with Gasteiger partial charge in [0, 0.05) is 12.5 Å². The summed E-state index contributed by atoms with van der Waals surface area (Å²) in [6.07, 6.45) is 3.13. The largest absolute Gasteiger partial charge is 0.483 e. The normalized spacial score (nSPS) is 17.3. The molecule has 1 N–H and O–H groups in total. The second-order valence-electron chi connectivity index (χ2n) is 7.92. The molecule has 1 aliphatic heterocycles. The first-order valence-corrected chi connectivity index (χ1v) is 12.2. The van der Waals surface area contributed by atoms with E-state index in [4.69, 9.17) is 19.6 Å². The number of imidazole rings is 1. The molecule has 2 aromatic carbocycles. The minimum absolute atomic E-state index is 0.0304. The predicted molar refractivity (Wildman–Crippen MR) is 125 cm³/mol. The first-order chi connectivity index (χ1) is 15.7. The second-order valence-corrected chi connectivity index (χ2v) is 9.93. The van der Waals surface area contributed by atoms with Crippen LogP contribution in [0.3, 0.4) is 0 Å². The van der Waals surface area contributed by atoms with Gasteiger partial charge >= 0.3 is 0 Å². The van der Waals surface area contributed by atoms with Crippen LogP contribution in [0.15, 0.2) is 71.8 Å². The Kier molecular flexibility index (Phi) is 6.05. The molecule has 0 radical (unpaired) electrons. The quantitative estimate of drug-likeness (QED) is 0.445. The van der Waals surface area contributed by atoms with Crippen LogP contribution in [0, 0.1) is 6.92 Å². The van der Waals surface area contributed by atoms with E-state index in [1.54, 1.807) is 12.1 Å². The maximum Gasteiger partial charge on any atom is 0.290 e. The Balaban J connectivity index is 0.000000821. The molecule has 0 bridgehead atoms. The molecule has 0 amide bonds. The van der Waals surface area contributed by atoms with E-state index in [1.807, 2.05) is 43.3 Å². The minimum atomic E-state index is -3.22. The monoisotopic (exact) mass is 464 g/mol. The van der Waals surface area contributed by atoms with Crippen LogP contribution in [-0.4, -0.2) is 35.6 Å². The number of sulfone groups is 1. The Labute approximate surface area is 192 Å². The van der Waals surface area contributed by atoms with E-state index in [9.17, 15) is 8.42 Å². The fraction of sp³-hybridized carbons (Fsp3) is 0.200. The second kappa shape index (κ2) is 8.80. The number of benzene rings is 2. The van der Waals surface area contributed by atoms with Crippen LogP contribution in [0.5, 0.6) is 0 Å². The number of aryl methyl sites for hydroxylation is 1. The van der Waals surface area contributed by atoms with Crippen molar-refractivity contribution in [2.45, 2.75) is 31.0 Å². The predicted octanol–water partition coefficient (Wildman–Crippen LogP) is 4.59. The number of carbonyl (C=O) groups is 1. The smallest absolute Gasteiger partial charge is 0.290 e. The Morgan fingerprint density at radius 1 is 1.00 bits per heavy atom. The molecule has 0 aliphatic carbocycles. The maximum atomic E-state index is 11.8. The van der Waals surface area contributed by atoms with Crippen molar-refractivity contribution < 1.29 is 23.1 Å². The van der Waals surface area contributed by atoms with Gasteiger partial charge in [-0.3, -0.25) is 4.79 Å². The van der Waals surface area contributed by atoms with Gasteiger partial charge < -0.3 is 14.2 Å². The van der Waals surface area contributed by atoms with Gasteiger partial charge in [-0.25, -0.2) is 13.4 Å². The van der Waals surface area contributed by atoms with E-state index in [-0.39, 0.29) is 18.7 Å². The fourth-order valence-corrected chi connectivity index (χ4v) is 4.87. The molecule has 7 nitrogen and oxygen atoms in total. The van der Waals surface area contributed by atoms with Gasteiger partial charge in [0.15, 0.2) is 9.84 Å². The molecule has 0 fully saturated rings. The number of fused-ring (bicyclic) bond motifs is 2. The van der Waals surface area contributed by atoms with E-state index in [0.29, 0.717) is 4.90 Å². The molecule has 2 aromatic heterocycles. The van der Waals surface area contributed by atoms with Gasteiger partial charge in [0.25, 0.3) is 6.47 Å². The first-order valence-electron chi connectivity index (χ1n) is 10.4. The van der Waals surface area contributed by atoms with Crippen molar-refractivity contribution in [3.63, 3.8) is 0 Å². The van der Waals surface area contributed by atoms with Gasteiger partial charge in [0.05, 0.1) is 22.4 Å². The molecule has 33 heavy (non-hydrogen) atoms. The molecule has 5 rings (SSSR count). The maximum absolute atomic E-state index is 11.8. The Morgan fingerprint density at radius 3 is 2.24 bits per heavy atom. The van der Waals surface area contributed by atoms with Crippen molar-refractivity contribution >= 4 is 22.0 Å². The van der Waals surface area contributed by atoms with Crippen molar-refractivity contribution in [3.8, 4) is 11.1 Å². The molecule has 0 spiro atoms. The summed E-state index contributed by atoms with van der Waals surface area (Å²) >= 11 is 0. The Bertz CT molecular complexity index is 1430. The lowest BCUT2D eigenvalue weighted by Crippen LogP contribution is -2.05. The fourth-order valence-electron chi connectivity index (χ4n) is 4.24. The van der Waals surface area contributed by atoms with Gasteiger partial charge in [0.1, 0.15) is 11.8 Å². The molecule has 3 heterocycles. The van der Waals surface area contributed by atoms with Gasteiger partial charge in [-0.15, -0.1) is 0 Å². The number of ether oxygens (including phenoxy) is 1. The molecule has 2 atom stereocenters. The third-order valence-electron chi connectivity index (χ3n) is 5.76. The minimum Gasteiger partial charge on any atom is -0.483 e. The van der Waals surface area contributed by atoms with E-state index in [1.165, 1.54) is 17.4 Å². The number of hydrogen-bond acceptors (Lipinski definition) is 5. The zero-order chi connectivity index (χ0) is 23.8. The lowest BCUT2D eigenvalue weighted by Gasteiger charge is -2.14. The zero-order valence-electron chi connectivity index (χ0n) is 18.5. The van der Waals surface area contributed by atoms with Crippen LogP contribution < -0.4 is 0 Å². The summed E-state index contributed by atoms with van der Waals surface area (Å²) in [7, 11) is -3.22. The van der Waals surface area contributed by atoms with Crippen LogP contribution in [0.2, 0.25) is 0 Å². The number of hydrogen-bond donors (Lipinski definition) is 1. The summed E-state index contributed by atoms with van der Waals surface area (Å²) in [6.45, 7) is 3.84. The summed E-state index contributed by atoms with van der Waals surface area (Å²) < 4.78 is 31.9. The zero-order valence-corrected chi connectivity index (χ0v) is 19.3. The van der Waals surface area contributed by atoms with Crippen molar-refractivity contribution in [3.05, 3.63) is 89.4 Å². The summed E-state index contributed by atoms with van der Waals surface area (Å²) in [5.41, 5.74) is 7.15. The summed E-state index contributed by atoms with van der Waals surface area (Å²) in [4.78, 5) is 13.4. The third kappa shape index (κ3) is 4.27. The van der Waals surface area contributed by atoms with Crippen molar-refractivity contribution in [2.24, 2.45) is 0 Å². The molecule has 4 aromatic rings. The lowest BCUT2D eigenvalue weighted by atomic mass is 10.00. The van der Waals surface area contributed by atoms with Gasteiger partial charge in [0.2, 0.25) is 0 Å². The summed E-state index contributed by atoms with van der Waals surface area (Å²) in [5.74, 6) is 0. The van der Waals surface area contributed by atoms with Crippen molar-refractivity contribution in [2.75, 3.05) is 6.26 Å². The molecule has 0 unspecified atom stereocenters. The lowest BCUT2D eigenvalue weighted by molar-refractivity contribution is -0.122. The molecule has 0 saturated heterocycles. The number of rotatable bonds is 3. The van der Waals surface area contributed by atoms with E-state index in [0.717, 1.165) is 28.2 Å². The van der Waals surface area contributed by atoms with Crippen molar-refractivity contribution in [1.82, 2.24) is 9.38 Å². The highest BCUT2D eigenvalue weighted by Gasteiger charge is 2.33. The summed E-state index contributed by atoms with van der Waals surface area (Å²) in [6, 6.07) is 19.3. The third-order valence-corrected chi connectivity index (χ3v) is 6.89. The molecular formula is C25H24N2O5S. The van der Waals surface area contributed by atoms with E-state index in [2.05, 4.69) is 29.7 Å². The highest BCUT2D eigenvalue weighted by molar-refractivity contribution is 7.90. The average molecular weight is 465 g/mol. The SMILES string of the molecule is Cc1nc2ccc(-c3ccc(S(C)(=O)=O)cc3)cn2c1[C@@H]1O[C@@H](C)c2ccccc21.O=CO. The number of pyridine rings is 1. The molecule has 1 aliphatic rings. The Morgan fingerprint density at radius 2 is 1.61 bits per heavy atom.